The number of rotatable bonds is 5. The standard InChI is InChI=1S/C14H14N2O3/c17-12-4-1-10(2-5-12)7-8-15-11-3-6-13(14(18)19)16-9-11/h1-6,9,15,17H,7-8H2,(H,18,19). The summed E-state index contributed by atoms with van der Waals surface area (Å²) in [6.07, 6.45) is 2.31. The predicted molar refractivity (Wildman–Crippen MR) is 71.5 cm³/mol. The van der Waals surface area contributed by atoms with Crippen LogP contribution >= 0.6 is 0 Å². The maximum Gasteiger partial charge on any atom is 0.354 e. The number of carboxylic acids is 1. The molecule has 0 aliphatic carbocycles. The molecule has 0 saturated carbocycles. The number of aromatic carboxylic acids is 1. The molecule has 0 amide bonds. The van der Waals surface area contributed by atoms with Crippen molar-refractivity contribution in [3.63, 3.8) is 0 Å². The molecular formula is C14H14N2O3. The molecule has 0 radical (unpaired) electrons. The van der Waals surface area contributed by atoms with Crippen LogP contribution in [0.2, 0.25) is 0 Å². The van der Waals surface area contributed by atoms with Gasteiger partial charge in [0.05, 0.1) is 11.9 Å². The highest BCUT2D eigenvalue weighted by Gasteiger charge is 2.03. The smallest absolute Gasteiger partial charge is 0.354 e. The van der Waals surface area contributed by atoms with E-state index >= 15 is 0 Å². The molecule has 0 fully saturated rings. The van der Waals surface area contributed by atoms with E-state index in [4.69, 9.17) is 10.2 Å². The third kappa shape index (κ3) is 3.70. The second-order valence-electron chi connectivity index (χ2n) is 4.08. The summed E-state index contributed by atoms with van der Waals surface area (Å²) in [6, 6.07) is 10.2. The number of nitrogens with zero attached hydrogens (tertiary/aromatic N) is 1. The number of aromatic nitrogens is 1. The molecule has 1 aromatic carbocycles. The van der Waals surface area contributed by atoms with E-state index in [0.717, 1.165) is 17.7 Å². The van der Waals surface area contributed by atoms with Gasteiger partial charge in [-0.3, -0.25) is 0 Å². The monoisotopic (exact) mass is 258 g/mol. The van der Waals surface area contributed by atoms with Crippen molar-refractivity contribution in [3.8, 4) is 5.75 Å². The van der Waals surface area contributed by atoms with Crippen molar-refractivity contribution >= 4 is 11.7 Å². The fourth-order valence-corrected chi connectivity index (χ4v) is 1.64. The van der Waals surface area contributed by atoms with Crippen molar-refractivity contribution in [2.24, 2.45) is 0 Å². The number of nitrogens with one attached hydrogen (secondary N) is 1. The Hall–Kier alpha value is -2.56. The van der Waals surface area contributed by atoms with Gasteiger partial charge < -0.3 is 15.5 Å². The summed E-state index contributed by atoms with van der Waals surface area (Å²) in [5, 5.41) is 21.0. The maximum atomic E-state index is 10.6. The second-order valence-corrected chi connectivity index (χ2v) is 4.08. The summed E-state index contributed by atoms with van der Waals surface area (Å²) < 4.78 is 0. The van der Waals surface area contributed by atoms with Crippen molar-refractivity contribution in [1.82, 2.24) is 4.98 Å². The average molecular weight is 258 g/mol. The number of phenolic OH excluding ortho intramolecular Hbond substituents is 1. The highest BCUT2D eigenvalue weighted by molar-refractivity contribution is 5.85. The average Bonchev–Trinajstić information content (AvgIpc) is 2.41. The number of carboxylic acid groups (broad SMARTS) is 1. The molecular weight excluding hydrogens is 244 g/mol. The lowest BCUT2D eigenvalue weighted by Crippen LogP contribution is -2.06. The summed E-state index contributed by atoms with van der Waals surface area (Å²) in [5.74, 6) is -0.777. The molecule has 2 aromatic rings. The van der Waals surface area contributed by atoms with Crippen LogP contribution in [0.3, 0.4) is 0 Å². The van der Waals surface area contributed by atoms with Crippen molar-refractivity contribution in [2.45, 2.75) is 6.42 Å². The Morgan fingerprint density at radius 2 is 1.89 bits per heavy atom. The first-order valence-electron chi connectivity index (χ1n) is 5.86. The van der Waals surface area contributed by atoms with Crippen LogP contribution < -0.4 is 5.32 Å². The van der Waals surface area contributed by atoms with Crippen molar-refractivity contribution < 1.29 is 15.0 Å². The molecule has 0 saturated heterocycles. The minimum atomic E-state index is -1.03. The van der Waals surface area contributed by atoms with E-state index in [1.54, 1.807) is 18.2 Å². The van der Waals surface area contributed by atoms with Crippen LogP contribution in [0.5, 0.6) is 5.75 Å². The van der Waals surface area contributed by atoms with Crippen molar-refractivity contribution in [1.29, 1.82) is 0 Å². The lowest BCUT2D eigenvalue weighted by Gasteiger charge is -2.06. The summed E-state index contributed by atoms with van der Waals surface area (Å²) in [6.45, 7) is 0.707. The lowest BCUT2D eigenvalue weighted by atomic mass is 10.1. The zero-order chi connectivity index (χ0) is 13.7. The van der Waals surface area contributed by atoms with Gasteiger partial charge >= 0.3 is 5.97 Å². The third-order valence-corrected chi connectivity index (χ3v) is 2.66. The molecule has 0 aliphatic heterocycles. The molecule has 0 bridgehead atoms. The molecule has 0 atom stereocenters. The van der Waals surface area contributed by atoms with Gasteiger partial charge in [-0.25, -0.2) is 9.78 Å². The Bertz CT molecular complexity index is 550. The summed E-state index contributed by atoms with van der Waals surface area (Å²) in [5.41, 5.74) is 1.92. The largest absolute Gasteiger partial charge is 0.508 e. The van der Waals surface area contributed by atoms with E-state index < -0.39 is 5.97 Å². The van der Waals surface area contributed by atoms with E-state index in [9.17, 15) is 4.79 Å². The van der Waals surface area contributed by atoms with Crippen molar-refractivity contribution in [2.75, 3.05) is 11.9 Å². The van der Waals surface area contributed by atoms with Gasteiger partial charge in [-0.1, -0.05) is 12.1 Å². The van der Waals surface area contributed by atoms with Crippen LogP contribution in [0, 0.1) is 0 Å². The van der Waals surface area contributed by atoms with Crippen LogP contribution in [0.1, 0.15) is 16.1 Å². The minimum absolute atomic E-state index is 0.0316. The molecule has 98 valence electrons. The lowest BCUT2D eigenvalue weighted by molar-refractivity contribution is 0.0690. The van der Waals surface area contributed by atoms with E-state index in [0.29, 0.717) is 6.54 Å². The molecule has 5 nitrogen and oxygen atoms in total. The van der Waals surface area contributed by atoms with Crippen LogP contribution in [0.4, 0.5) is 5.69 Å². The first-order valence-corrected chi connectivity index (χ1v) is 5.86. The first kappa shape index (κ1) is 12.9. The van der Waals surface area contributed by atoms with Gasteiger partial charge in [0.25, 0.3) is 0 Å². The number of carbonyl (C=O) groups is 1. The van der Waals surface area contributed by atoms with E-state index in [1.165, 1.54) is 12.3 Å². The molecule has 0 spiro atoms. The van der Waals surface area contributed by atoms with Gasteiger partial charge in [0.15, 0.2) is 0 Å². The quantitative estimate of drug-likeness (QED) is 0.765. The molecule has 19 heavy (non-hydrogen) atoms. The van der Waals surface area contributed by atoms with Crippen LogP contribution in [0.15, 0.2) is 42.6 Å². The van der Waals surface area contributed by atoms with Gasteiger partial charge in [-0.15, -0.1) is 0 Å². The van der Waals surface area contributed by atoms with Crippen LogP contribution in [-0.4, -0.2) is 27.7 Å². The highest BCUT2D eigenvalue weighted by atomic mass is 16.4. The van der Waals surface area contributed by atoms with Crippen LogP contribution in [0.25, 0.3) is 0 Å². The fraction of sp³-hybridized carbons (Fsp3) is 0.143. The Kier molecular flexibility index (Phi) is 3.97. The molecule has 5 heteroatoms. The molecule has 0 unspecified atom stereocenters. The van der Waals surface area contributed by atoms with E-state index in [1.807, 2.05) is 12.1 Å². The van der Waals surface area contributed by atoms with Crippen molar-refractivity contribution in [3.05, 3.63) is 53.9 Å². The predicted octanol–water partition coefficient (Wildman–Crippen LogP) is 2.14. The number of hydrogen-bond acceptors (Lipinski definition) is 4. The number of aromatic hydroxyl groups is 1. The zero-order valence-corrected chi connectivity index (χ0v) is 10.2. The minimum Gasteiger partial charge on any atom is -0.508 e. The van der Waals surface area contributed by atoms with E-state index in [-0.39, 0.29) is 11.4 Å². The Labute approximate surface area is 110 Å². The molecule has 1 aromatic heterocycles. The summed E-state index contributed by atoms with van der Waals surface area (Å²) in [7, 11) is 0. The topological polar surface area (TPSA) is 82.5 Å². The number of phenols is 1. The second kappa shape index (κ2) is 5.86. The Morgan fingerprint density at radius 1 is 1.16 bits per heavy atom. The molecule has 0 aliphatic rings. The normalized spacial score (nSPS) is 10.1. The number of benzene rings is 1. The number of hydrogen-bond donors (Lipinski definition) is 3. The Balaban J connectivity index is 1.85. The highest BCUT2D eigenvalue weighted by Crippen LogP contribution is 2.11. The maximum absolute atomic E-state index is 10.6. The fourth-order valence-electron chi connectivity index (χ4n) is 1.64. The Morgan fingerprint density at radius 3 is 2.47 bits per heavy atom. The van der Waals surface area contributed by atoms with E-state index in [2.05, 4.69) is 10.3 Å². The van der Waals surface area contributed by atoms with Gasteiger partial charge in [-0.2, -0.15) is 0 Å². The van der Waals surface area contributed by atoms with Gasteiger partial charge in [0, 0.05) is 6.54 Å². The first-order chi connectivity index (χ1) is 9.15. The van der Waals surface area contributed by atoms with Gasteiger partial charge in [0.1, 0.15) is 11.4 Å². The third-order valence-electron chi connectivity index (χ3n) is 2.66. The molecule has 3 N–H and O–H groups in total. The summed E-state index contributed by atoms with van der Waals surface area (Å²) >= 11 is 0. The number of pyridine rings is 1. The zero-order valence-electron chi connectivity index (χ0n) is 10.2. The molecule has 1 heterocycles. The molecule has 2 rings (SSSR count). The summed E-state index contributed by atoms with van der Waals surface area (Å²) in [4.78, 5) is 14.5. The van der Waals surface area contributed by atoms with Crippen LogP contribution in [-0.2, 0) is 6.42 Å². The SMILES string of the molecule is O=C(O)c1ccc(NCCc2ccc(O)cc2)cn1. The van der Waals surface area contributed by atoms with Gasteiger partial charge in [-0.05, 0) is 36.2 Å². The number of anilines is 1. The van der Waals surface area contributed by atoms with Gasteiger partial charge in [0.2, 0.25) is 0 Å².